The van der Waals surface area contributed by atoms with Gasteiger partial charge >= 0.3 is 5.63 Å². The molecular formula is C35H35NO8. The Kier molecular flexibility index (Phi) is 7.41. The molecule has 0 radical (unpaired) electrons. The lowest BCUT2D eigenvalue weighted by Crippen LogP contribution is -2.07. The topological polar surface area (TPSA) is 90.0 Å². The van der Waals surface area contributed by atoms with E-state index in [0.717, 1.165) is 27.4 Å². The van der Waals surface area contributed by atoms with Crippen LogP contribution in [0, 0.1) is 0 Å². The van der Waals surface area contributed by atoms with Crippen molar-refractivity contribution in [2.24, 2.45) is 0 Å². The summed E-state index contributed by atoms with van der Waals surface area (Å²) in [5.74, 6) is 3.37. The van der Waals surface area contributed by atoms with Crippen LogP contribution in [0.4, 0.5) is 0 Å². The maximum absolute atomic E-state index is 13.8. The minimum absolute atomic E-state index is 0.0411. The van der Waals surface area contributed by atoms with Crippen LogP contribution >= 0.6 is 0 Å². The van der Waals surface area contributed by atoms with Crippen molar-refractivity contribution >= 4 is 38.2 Å². The Bertz CT molecular complexity index is 2100. The highest BCUT2D eigenvalue weighted by Crippen LogP contribution is 2.46. The first kappa shape index (κ1) is 29.0. The van der Waals surface area contributed by atoms with Crippen molar-refractivity contribution in [1.82, 2.24) is 4.40 Å². The number of hydrogen-bond acceptors (Lipinski definition) is 8. The number of nitrogens with zero attached hydrogens (tertiary/aromatic N) is 1. The molecule has 3 aromatic heterocycles. The quantitative estimate of drug-likeness (QED) is 0.157. The predicted molar refractivity (Wildman–Crippen MR) is 172 cm³/mol. The monoisotopic (exact) mass is 597 g/mol. The largest absolute Gasteiger partial charge is 0.493 e. The molecule has 0 saturated carbocycles. The maximum Gasteiger partial charge on any atom is 0.361 e. The van der Waals surface area contributed by atoms with Gasteiger partial charge in [0.2, 0.25) is 0 Å². The van der Waals surface area contributed by atoms with Crippen LogP contribution in [-0.4, -0.2) is 45.0 Å². The molecule has 3 heterocycles. The lowest BCUT2D eigenvalue weighted by atomic mass is 9.97. The number of ether oxygens (including phenoxy) is 6. The second-order valence-corrected chi connectivity index (χ2v) is 11.0. The first-order valence-electron chi connectivity index (χ1n) is 14.4. The van der Waals surface area contributed by atoms with E-state index in [-0.39, 0.29) is 12.2 Å². The Balaban J connectivity index is 1.83. The van der Waals surface area contributed by atoms with E-state index in [0.29, 0.717) is 56.4 Å². The molecule has 0 amide bonds. The lowest BCUT2D eigenvalue weighted by molar-refractivity contribution is 0.230. The first-order chi connectivity index (χ1) is 21.2. The molecule has 0 aliphatic rings. The maximum atomic E-state index is 13.8. The molecule has 9 heteroatoms. The van der Waals surface area contributed by atoms with Gasteiger partial charge in [-0.05, 0) is 75.0 Å². The summed E-state index contributed by atoms with van der Waals surface area (Å²) in [6, 6.07) is 15.2. The summed E-state index contributed by atoms with van der Waals surface area (Å²) in [7, 11) is 6.41. The summed E-state index contributed by atoms with van der Waals surface area (Å²) in [6.45, 7) is 7.78. The Hall–Kier alpha value is -5.05. The van der Waals surface area contributed by atoms with Crippen LogP contribution in [0.3, 0.4) is 0 Å². The Morgan fingerprint density at radius 2 is 1.23 bits per heavy atom. The Morgan fingerprint density at radius 3 is 1.89 bits per heavy atom. The summed E-state index contributed by atoms with van der Waals surface area (Å²) in [5.41, 5.74) is 2.71. The average molecular weight is 598 g/mol. The molecule has 0 aliphatic heterocycles. The molecule has 0 spiro atoms. The molecule has 6 rings (SSSR count). The van der Waals surface area contributed by atoms with Gasteiger partial charge in [0.15, 0.2) is 34.5 Å². The van der Waals surface area contributed by atoms with Crippen molar-refractivity contribution in [2.75, 3.05) is 28.4 Å². The number of hydrogen-bond donors (Lipinski definition) is 0. The van der Waals surface area contributed by atoms with E-state index in [4.69, 9.17) is 32.8 Å². The fourth-order valence-electron chi connectivity index (χ4n) is 5.79. The molecule has 0 N–H and O–H groups in total. The molecule has 3 aromatic carbocycles. The number of rotatable bonds is 9. The van der Waals surface area contributed by atoms with E-state index >= 15 is 0 Å². The van der Waals surface area contributed by atoms with Crippen LogP contribution in [-0.2, 0) is 0 Å². The van der Waals surface area contributed by atoms with Crippen molar-refractivity contribution in [1.29, 1.82) is 0 Å². The van der Waals surface area contributed by atoms with Gasteiger partial charge in [-0.2, -0.15) is 0 Å². The highest BCUT2D eigenvalue weighted by molar-refractivity contribution is 6.22. The van der Waals surface area contributed by atoms with Gasteiger partial charge in [0.05, 0.1) is 46.2 Å². The van der Waals surface area contributed by atoms with E-state index in [1.807, 2.05) is 80.8 Å². The van der Waals surface area contributed by atoms with Gasteiger partial charge < -0.3 is 37.2 Å². The van der Waals surface area contributed by atoms with Gasteiger partial charge in [-0.1, -0.05) is 6.07 Å². The normalized spacial score (nSPS) is 11.7. The summed E-state index contributed by atoms with van der Waals surface area (Å²) in [4.78, 5) is 13.8. The van der Waals surface area contributed by atoms with E-state index in [2.05, 4.69) is 0 Å². The average Bonchev–Trinajstić information content (AvgIpc) is 3.36. The lowest BCUT2D eigenvalue weighted by Gasteiger charge is -2.16. The zero-order valence-corrected chi connectivity index (χ0v) is 26.1. The smallest absolute Gasteiger partial charge is 0.361 e. The molecule has 0 fully saturated rings. The van der Waals surface area contributed by atoms with Crippen molar-refractivity contribution in [3.05, 3.63) is 65.1 Å². The fourth-order valence-corrected chi connectivity index (χ4v) is 5.79. The molecule has 0 unspecified atom stereocenters. The van der Waals surface area contributed by atoms with Gasteiger partial charge in [0.1, 0.15) is 11.1 Å². The molecule has 0 atom stereocenters. The fraction of sp³-hybridized carbons (Fsp3) is 0.286. The van der Waals surface area contributed by atoms with Crippen LogP contribution in [0.25, 0.3) is 49.3 Å². The minimum Gasteiger partial charge on any atom is -0.493 e. The third-order valence-electron chi connectivity index (χ3n) is 7.53. The van der Waals surface area contributed by atoms with Crippen LogP contribution in [0.1, 0.15) is 27.7 Å². The standard InChI is InChI=1S/C35H35NO8/c1-18(2)42-24-10-9-21(14-26(24)38-5)31-32-23-16-29(41-8)30(43-19(3)4)17-25(23)44-35(37)34(32)36-12-11-20-13-27(39-6)28(40-7)15-22(20)33(31)36/h9-19H,1-8H3. The first-order valence-corrected chi connectivity index (χ1v) is 14.4. The summed E-state index contributed by atoms with van der Waals surface area (Å²) >= 11 is 0. The number of benzene rings is 3. The van der Waals surface area contributed by atoms with Gasteiger partial charge in [-0.15, -0.1) is 0 Å². The van der Waals surface area contributed by atoms with Crippen molar-refractivity contribution < 1.29 is 32.8 Å². The zero-order chi connectivity index (χ0) is 31.3. The SMILES string of the molecule is COc1cc2ccn3c(c(-c4ccc(OC(C)C)c(OC)c4)c4c5cc(OC)c(OC(C)C)cc5oc(=O)c43)c2cc1OC. The molecule has 0 bridgehead atoms. The molecule has 9 nitrogen and oxygen atoms in total. The number of aromatic nitrogens is 1. The minimum atomic E-state index is -0.485. The Labute approximate surface area is 254 Å². The third-order valence-corrected chi connectivity index (χ3v) is 7.53. The van der Waals surface area contributed by atoms with E-state index in [1.54, 1.807) is 34.5 Å². The highest BCUT2D eigenvalue weighted by atomic mass is 16.5. The Morgan fingerprint density at radius 1 is 0.636 bits per heavy atom. The van der Waals surface area contributed by atoms with Crippen LogP contribution in [0.2, 0.25) is 0 Å². The van der Waals surface area contributed by atoms with Crippen molar-refractivity contribution in [3.8, 4) is 45.6 Å². The van der Waals surface area contributed by atoms with E-state index in [9.17, 15) is 4.79 Å². The molecule has 44 heavy (non-hydrogen) atoms. The van der Waals surface area contributed by atoms with Crippen LogP contribution < -0.4 is 34.0 Å². The molecular weight excluding hydrogens is 562 g/mol. The second-order valence-electron chi connectivity index (χ2n) is 11.0. The predicted octanol–water partition coefficient (Wildman–Crippen LogP) is 7.63. The number of pyridine rings is 1. The van der Waals surface area contributed by atoms with Gasteiger partial charge in [-0.3, -0.25) is 0 Å². The number of methoxy groups -OCH3 is 4. The summed E-state index contributed by atoms with van der Waals surface area (Å²) < 4.78 is 42.7. The van der Waals surface area contributed by atoms with Crippen LogP contribution in [0.5, 0.6) is 34.5 Å². The molecule has 228 valence electrons. The van der Waals surface area contributed by atoms with Gasteiger partial charge in [0.25, 0.3) is 0 Å². The molecule has 6 aromatic rings. The number of fused-ring (bicyclic) bond motifs is 7. The summed E-state index contributed by atoms with van der Waals surface area (Å²) in [6.07, 6.45) is 1.72. The molecule has 0 aliphatic carbocycles. The third kappa shape index (κ3) is 4.69. The second kappa shape index (κ2) is 11.2. The van der Waals surface area contributed by atoms with Crippen molar-refractivity contribution in [2.45, 2.75) is 39.9 Å². The van der Waals surface area contributed by atoms with Gasteiger partial charge in [0, 0.05) is 34.0 Å². The van der Waals surface area contributed by atoms with E-state index in [1.165, 1.54) is 0 Å². The van der Waals surface area contributed by atoms with Gasteiger partial charge in [-0.25, -0.2) is 4.79 Å². The van der Waals surface area contributed by atoms with Crippen LogP contribution in [0.15, 0.2) is 63.9 Å². The zero-order valence-electron chi connectivity index (χ0n) is 26.1. The highest BCUT2D eigenvalue weighted by Gasteiger charge is 2.25. The molecule has 0 saturated heterocycles. The summed E-state index contributed by atoms with van der Waals surface area (Å²) in [5, 5.41) is 3.16. The van der Waals surface area contributed by atoms with Crippen molar-refractivity contribution in [3.63, 3.8) is 0 Å². The van der Waals surface area contributed by atoms with E-state index < -0.39 is 5.63 Å².